The first-order valence-electron chi connectivity index (χ1n) is 6.48. The largest absolute Gasteiger partial charge is 0.496 e. The standard InChI is InChI=1S/C15H24N2O2/c1-11(2)10-19-7-6-16-9-14-13(4)15(18-5)12(3)8-17-14/h8,16H,1,6-7,9-10H2,2-5H3. The van der Waals surface area contributed by atoms with Crippen molar-refractivity contribution in [3.05, 3.63) is 35.2 Å². The number of methoxy groups -OCH3 is 1. The molecule has 1 aromatic heterocycles. The Bertz CT molecular complexity index is 430. The Morgan fingerprint density at radius 1 is 1.42 bits per heavy atom. The van der Waals surface area contributed by atoms with Gasteiger partial charge in [0.1, 0.15) is 5.75 Å². The fraction of sp³-hybridized carbons (Fsp3) is 0.533. The zero-order chi connectivity index (χ0) is 14.3. The minimum atomic E-state index is 0.622. The van der Waals surface area contributed by atoms with Gasteiger partial charge < -0.3 is 14.8 Å². The Balaban J connectivity index is 2.39. The van der Waals surface area contributed by atoms with Crippen LogP contribution in [0.5, 0.6) is 5.75 Å². The number of rotatable bonds is 8. The van der Waals surface area contributed by atoms with E-state index in [9.17, 15) is 0 Å². The van der Waals surface area contributed by atoms with Gasteiger partial charge in [-0.25, -0.2) is 0 Å². The van der Waals surface area contributed by atoms with E-state index in [1.54, 1.807) is 7.11 Å². The highest BCUT2D eigenvalue weighted by Gasteiger charge is 2.08. The highest BCUT2D eigenvalue weighted by Crippen LogP contribution is 2.23. The zero-order valence-corrected chi connectivity index (χ0v) is 12.4. The van der Waals surface area contributed by atoms with Crippen LogP contribution in [0.1, 0.15) is 23.7 Å². The third kappa shape index (κ3) is 5.01. The quantitative estimate of drug-likeness (QED) is 0.578. The third-order valence-corrected chi connectivity index (χ3v) is 2.81. The van der Waals surface area contributed by atoms with Crippen LogP contribution in [0.15, 0.2) is 18.3 Å². The highest BCUT2D eigenvalue weighted by atomic mass is 16.5. The summed E-state index contributed by atoms with van der Waals surface area (Å²) < 4.78 is 10.8. The second-order valence-corrected chi connectivity index (χ2v) is 4.73. The average molecular weight is 264 g/mol. The lowest BCUT2D eigenvalue weighted by molar-refractivity contribution is 0.157. The van der Waals surface area contributed by atoms with Crippen molar-refractivity contribution in [3.8, 4) is 5.75 Å². The molecule has 1 N–H and O–H groups in total. The fourth-order valence-electron chi connectivity index (χ4n) is 1.85. The summed E-state index contributed by atoms with van der Waals surface area (Å²) in [6.07, 6.45) is 1.85. The van der Waals surface area contributed by atoms with Crippen LogP contribution in [0.3, 0.4) is 0 Å². The van der Waals surface area contributed by atoms with Crippen molar-refractivity contribution in [3.63, 3.8) is 0 Å². The molecule has 0 aliphatic rings. The molecule has 0 aliphatic carbocycles. The van der Waals surface area contributed by atoms with Gasteiger partial charge in [-0.15, -0.1) is 0 Å². The summed E-state index contributed by atoms with van der Waals surface area (Å²) >= 11 is 0. The molecule has 0 amide bonds. The molecule has 0 bridgehead atoms. The molecule has 1 rings (SSSR count). The monoisotopic (exact) mass is 264 g/mol. The Morgan fingerprint density at radius 3 is 2.79 bits per heavy atom. The number of aryl methyl sites for hydroxylation is 1. The molecule has 0 saturated carbocycles. The number of pyridine rings is 1. The van der Waals surface area contributed by atoms with Gasteiger partial charge in [0.05, 0.1) is 26.0 Å². The predicted molar refractivity (Wildman–Crippen MR) is 77.6 cm³/mol. The minimum Gasteiger partial charge on any atom is -0.496 e. The van der Waals surface area contributed by atoms with Crippen LogP contribution in [0.4, 0.5) is 0 Å². The lowest BCUT2D eigenvalue weighted by Gasteiger charge is -2.12. The van der Waals surface area contributed by atoms with Gasteiger partial charge >= 0.3 is 0 Å². The maximum atomic E-state index is 5.42. The summed E-state index contributed by atoms with van der Waals surface area (Å²) in [6.45, 7) is 12.6. The third-order valence-electron chi connectivity index (χ3n) is 2.81. The zero-order valence-electron chi connectivity index (χ0n) is 12.4. The van der Waals surface area contributed by atoms with E-state index in [0.29, 0.717) is 13.2 Å². The lowest BCUT2D eigenvalue weighted by atomic mass is 10.1. The molecule has 1 aromatic rings. The van der Waals surface area contributed by atoms with Crippen molar-refractivity contribution in [1.82, 2.24) is 10.3 Å². The SMILES string of the molecule is C=C(C)COCCNCc1ncc(C)c(OC)c1C. The van der Waals surface area contributed by atoms with Gasteiger partial charge in [0.15, 0.2) is 0 Å². The Hall–Kier alpha value is -1.39. The molecule has 0 spiro atoms. The topological polar surface area (TPSA) is 43.4 Å². The molecular weight excluding hydrogens is 240 g/mol. The lowest BCUT2D eigenvalue weighted by Crippen LogP contribution is -2.21. The summed E-state index contributed by atoms with van der Waals surface area (Å²) in [5.74, 6) is 0.922. The second kappa shape index (κ2) is 7.92. The van der Waals surface area contributed by atoms with Crippen molar-refractivity contribution >= 4 is 0 Å². The van der Waals surface area contributed by atoms with Crippen LogP contribution in [0, 0.1) is 13.8 Å². The molecule has 19 heavy (non-hydrogen) atoms. The van der Waals surface area contributed by atoms with Crippen LogP contribution in [-0.2, 0) is 11.3 Å². The van der Waals surface area contributed by atoms with E-state index < -0.39 is 0 Å². The van der Waals surface area contributed by atoms with E-state index in [1.165, 1.54) is 0 Å². The van der Waals surface area contributed by atoms with Crippen LogP contribution < -0.4 is 10.1 Å². The predicted octanol–water partition coefficient (Wildman–Crippen LogP) is 2.39. The van der Waals surface area contributed by atoms with Crippen molar-refractivity contribution in [1.29, 1.82) is 0 Å². The van der Waals surface area contributed by atoms with Crippen molar-refractivity contribution < 1.29 is 9.47 Å². The number of nitrogens with one attached hydrogen (secondary N) is 1. The number of hydrogen-bond acceptors (Lipinski definition) is 4. The molecule has 0 aliphatic heterocycles. The van der Waals surface area contributed by atoms with Gasteiger partial charge in [-0.05, 0) is 20.8 Å². The number of ether oxygens (including phenoxy) is 2. The van der Waals surface area contributed by atoms with Crippen LogP contribution >= 0.6 is 0 Å². The molecule has 0 aromatic carbocycles. The van der Waals surface area contributed by atoms with Gasteiger partial charge in [-0.1, -0.05) is 12.2 Å². The molecule has 106 valence electrons. The van der Waals surface area contributed by atoms with E-state index >= 15 is 0 Å². The summed E-state index contributed by atoms with van der Waals surface area (Å²) in [4.78, 5) is 4.44. The summed E-state index contributed by atoms with van der Waals surface area (Å²) in [5.41, 5.74) is 4.22. The van der Waals surface area contributed by atoms with E-state index in [0.717, 1.165) is 41.2 Å². The number of nitrogens with zero attached hydrogens (tertiary/aromatic N) is 1. The summed E-state index contributed by atoms with van der Waals surface area (Å²) in [5, 5.41) is 3.31. The maximum absolute atomic E-state index is 5.42. The van der Waals surface area contributed by atoms with Gasteiger partial charge in [0.2, 0.25) is 0 Å². The Kier molecular flexibility index (Phi) is 6.53. The first-order valence-corrected chi connectivity index (χ1v) is 6.48. The number of hydrogen-bond donors (Lipinski definition) is 1. The van der Waals surface area contributed by atoms with Crippen LogP contribution in [-0.4, -0.2) is 31.9 Å². The van der Waals surface area contributed by atoms with Crippen molar-refractivity contribution in [2.24, 2.45) is 0 Å². The first kappa shape index (κ1) is 15.7. The normalized spacial score (nSPS) is 10.5. The van der Waals surface area contributed by atoms with E-state index in [2.05, 4.69) is 16.9 Å². The van der Waals surface area contributed by atoms with E-state index in [1.807, 2.05) is 27.0 Å². The summed E-state index contributed by atoms with van der Waals surface area (Å²) in [6, 6.07) is 0. The molecule has 0 atom stereocenters. The highest BCUT2D eigenvalue weighted by molar-refractivity contribution is 5.40. The minimum absolute atomic E-state index is 0.622. The molecule has 0 unspecified atom stereocenters. The van der Waals surface area contributed by atoms with Gasteiger partial charge in [-0.3, -0.25) is 4.98 Å². The second-order valence-electron chi connectivity index (χ2n) is 4.73. The maximum Gasteiger partial charge on any atom is 0.128 e. The molecule has 4 nitrogen and oxygen atoms in total. The molecule has 1 heterocycles. The van der Waals surface area contributed by atoms with Crippen molar-refractivity contribution in [2.45, 2.75) is 27.3 Å². The van der Waals surface area contributed by atoms with E-state index in [4.69, 9.17) is 9.47 Å². The van der Waals surface area contributed by atoms with Crippen LogP contribution in [0.2, 0.25) is 0 Å². The first-order chi connectivity index (χ1) is 9.06. The van der Waals surface area contributed by atoms with Crippen molar-refractivity contribution in [2.75, 3.05) is 26.9 Å². The van der Waals surface area contributed by atoms with Gasteiger partial charge in [0.25, 0.3) is 0 Å². The van der Waals surface area contributed by atoms with Gasteiger partial charge in [-0.2, -0.15) is 0 Å². The Labute approximate surface area is 115 Å². The molecule has 0 radical (unpaired) electrons. The number of aromatic nitrogens is 1. The van der Waals surface area contributed by atoms with E-state index in [-0.39, 0.29) is 0 Å². The molecule has 0 saturated heterocycles. The molecule has 4 heteroatoms. The smallest absolute Gasteiger partial charge is 0.128 e. The summed E-state index contributed by atoms with van der Waals surface area (Å²) in [7, 11) is 1.69. The average Bonchev–Trinajstić information content (AvgIpc) is 2.36. The fourth-order valence-corrected chi connectivity index (χ4v) is 1.85. The molecule has 0 fully saturated rings. The van der Waals surface area contributed by atoms with Gasteiger partial charge in [0, 0.05) is 30.4 Å². The van der Waals surface area contributed by atoms with Crippen LogP contribution in [0.25, 0.3) is 0 Å². The molecular formula is C15H24N2O2. The Morgan fingerprint density at radius 2 is 2.16 bits per heavy atom.